The fourth-order valence-corrected chi connectivity index (χ4v) is 2.36. The SMILES string of the molecule is C1=C(c2ccccc2CC2CO2)CCC1. The van der Waals surface area contributed by atoms with E-state index in [1.807, 2.05) is 0 Å². The Kier molecular flexibility index (Phi) is 2.34. The van der Waals surface area contributed by atoms with E-state index in [0.29, 0.717) is 6.10 Å². The molecule has 0 aromatic heterocycles. The summed E-state index contributed by atoms with van der Waals surface area (Å²) < 4.78 is 5.31. The molecule has 1 nitrogen and oxygen atoms in total. The van der Waals surface area contributed by atoms with Crippen LogP contribution in [0.5, 0.6) is 0 Å². The van der Waals surface area contributed by atoms with Crippen LogP contribution in [0, 0.1) is 0 Å². The van der Waals surface area contributed by atoms with Crippen LogP contribution in [0.25, 0.3) is 5.57 Å². The van der Waals surface area contributed by atoms with Gasteiger partial charge in [-0.05, 0) is 36.0 Å². The van der Waals surface area contributed by atoms with Crippen LogP contribution >= 0.6 is 0 Å². The first-order valence-corrected chi connectivity index (χ1v) is 5.82. The summed E-state index contributed by atoms with van der Waals surface area (Å²) in [6.45, 7) is 0.952. The van der Waals surface area contributed by atoms with Crippen molar-refractivity contribution in [1.29, 1.82) is 0 Å². The highest BCUT2D eigenvalue weighted by molar-refractivity contribution is 5.69. The fraction of sp³-hybridized carbons (Fsp3) is 0.429. The molecule has 0 amide bonds. The van der Waals surface area contributed by atoms with Gasteiger partial charge in [0.05, 0.1) is 12.7 Å². The molecule has 1 fully saturated rings. The van der Waals surface area contributed by atoms with Crippen molar-refractivity contribution in [2.45, 2.75) is 31.8 Å². The van der Waals surface area contributed by atoms with Gasteiger partial charge in [-0.15, -0.1) is 0 Å². The zero-order valence-corrected chi connectivity index (χ0v) is 8.91. The highest BCUT2D eigenvalue weighted by Crippen LogP contribution is 2.31. The first-order chi connectivity index (χ1) is 7.43. The van der Waals surface area contributed by atoms with Crippen molar-refractivity contribution in [3.8, 4) is 0 Å². The number of benzene rings is 1. The van der Waals surface area contributed by atoms with Crippen molar-refractivity contribution >= 4 is 5.57 Å². The average molecular weight is 200 g/mol. The first kappa shape index (κ1) is 9.17. The third kappa shape index (κ3) is 1.98. The van der Waals surface area contributed by atoms with Gasteiger partial charge in [-0.25, -0.2) is 0 Å². The lowest BCUT2D eigenvalue weighted by Crippen LogP contribution is -1.97. The van der Waals surface area contributed by atoms with Gasteiger partial charge in [-0.2, -0.15) is 0 Å². The van der Waals surface area contributed by atoms with Crippen LogP contribution in [0.4, 0.5) is 0 Å². The van der Waals surface area contributed by atoms with Crippen molar-refractivity contribution in [3.63, 3.8) is 0 Å². The second-order valence-corrected chi connectivity index (χ2v) is 4.44. The molecule has 1 heteroatoms. The number of hydrogen-bond acceptors (Lipinski definition) is 1. The summed E-state index contributed by atoms with van der Waals surface area (Å²) in [6, 6.07) is 8.79. The van der Waals surface area contributed by atoms with Crippen molar-refractivity contribution in [2.75, 3.05) is 6.61 Å². The quantitative estimate of drug-likeness (QED) is 0.683. The summed E-state index contributed by atoms with van der Waals surface area (Å²) in [4.78, 5) is 0. The van der Waals surface area contributed by atoms with Crippen molar-refractivity contribution in [3.05, 3.63) is 41.5 Å². The minimum absolute atomic E-state index is 0.494. The highest BCUT2D eigenvalue weighted by Gasteiger charge is 2.24. The minimum Gasteiger partial charge on any atom is -0.373 e. The van der Waals surface area contributed by atoms with E-state index in [2.05, 4.69) is 30.3 Å². The molecule has 3 rings (SSSR count). The summed E-state index contributed by atoms with van der Waals surface area (Å²) in [5.74, 6) is 0. The Hall–Kier alpha value is -1.08. The maximum atomic E-state index is 5.31. The number of hydrogen-bond donors (Lipinski definition) is 0. The van der Waals surface area contributed by atoms with Crippen LogP contribution in [0.1, 0.15) is 30.4 Å². The number of rotatable bonds is 3. The molecular weight excluding hydrogens is 184 g/mol. The predicted molar refractivity (Wildman–Crippen MR) is 61.7 cm³/mol. The maximum absolute atomic E-state index is 5.31. The second kappa shape index (κ2) is 3.82. The Morgan fingerprint density at radius 3 is 2.87 bits per heavy atom. The van der Waals surface area contributed by atoms with Crippen LogP contribution in [0.15, 0.2) is 30.3 Å². The molecule has 0 radical (unpaired) electrons. The van der Waals surface area contributed by atoms with E-state index in [4.69, 9.17) is 4.74 Å². The van der Waals surface area contributed by atoms with Crippen LogP contribution in [-0.4, -0.2) is 12.7 Å². The molecule has 0 spiro atoms. The van der Waals surface area contributed by atoms with Gasteiger partial charge in [0.15, 0.2) is 0 Å². The smallest absolute Gasteiger partial charge is 0.0850 e. The topological polar surface area (TPSA) is 12.5 Å². The molecule has 1 aliphatic heterocycles. The van der Waals surface area contributed by atoms with E-state index in [1.54, 1.807) is 5.57 Å². The van der Waals surface area contributed by atoms with Gasteiger partial charge < -0.3 is 4.74 Å². The first-order valence-electron chi connectivity index (χ1n) is 5.82. The summed E-state index contributed by atoms with van der Waals surface area (Å²) in [6.07, 6.45) is 7.81. The molecule has 1 saturated heterocycles. The third-order valence-corrected chi connectivity index (χ3v) is 3.25. The van der Waals surface area contributed by atoms with Crippen molar-refractivity contribution < 1.29 is 4.74 Å². The molecule has 1 heterocycles. The molecule has 1 atom stereocenters. The second-order valence-electron chi connectivity index (χ2n) is 4.44. The zero-order chi connectivity index (χ0) is 10.1. The van der Waals surface area contributed by atoms with Crippen molar-refractivity contribution in [1.82, 2.24) is 0 Å². The van der Waals surface area contributed by atoms with Crippen LogP contribution in [-0.2, 0) is 11.2 Å². The van der Waals surface area contributed by atoms with Crippen molar-refractivity contribution in [2.24, 2.45) is 0 Å². The lowest BCUT2D eigenvalue weighted by Gasteiger charge is -2.09. The van der Waals surface area contributed by atoms with Crippen LogP contribution in [0.2, 0.25) is 0 Å². The van der Waals surface area contributed by atoms with Gasteiger partial charge in [0, 0.05) is 6.42 Å². The highest BCUT2D eigenvalue weighted by atomic mass is 16.6. The largest absolute Gasteiger partial charge is 0.373 e. The van der Waals surface area contributed by atoms with Gasteiger partial charge in [-0.3, -0.25) is 0 Å². The number of allylic oxidation sites excluding steroid dienone is 2. The molecule has 2 aliphatic rings. The van der Waals surface area contributed by atoms with E-state index in [1.165, 1.54) is 30.4 Å². The molecule has 0 saturated carbocycles. The number of ether oxygens (including phenoxy) is 1. The average Bonchev–Trinajstić information content (AvgIpc) is 2.93. The predicted octanol–water partition coefficient (Wildman–Crippen LogP) is 3.20. The normalized spacial score (nSPS) is 24.0. The molecule has 1 aliphatic carbocycles. The summed E-state index contributed by atoms with van der Waals surface area (Å²) in [7, 11) is 0. The molecule has 1 aromatic rings. The van der Waals surface area contributed by atoms with Gasteiger partial charge in [0.25, 0.3) is 0 Å². The molecule has 1 aromatic carbocycles. The standard InChI is InChI=1S/C14H16O/c1-2-6-11(5-1)14-8-4-3-7-12(14)9-13-10-15-13/h3-5,7-8,13H,1-2,6,9-10H2. The molecule has 78 valence electrons. The third-order valence-electron chi connectivity index (χ3n) is 3.25. The van der Waals surface area contributed by atoms with E-state index < -0.39 is 0 Å². The van der Waals surface area contributed by atoms with Gasteiger partial charge in [0.1, 0.15) is 0 Å². The summed E-state index contributed by atoms with van der Waals surface area (Å²) in [5, 5.41) is 0. The van der Waals surface area contributed by atoms with Gasteiger partial charge >= 0.3 is 0 Å². The lowest BCUT2D eigenvalue weighted by atomic mass is 9.96. The number of epoxide rings is 1. The molecule has 0 bridgehead atoms. The Labute approximate surface area is 90.8 Å². The van der Waals surface area contributed by atoms with Gasteiger partial charge in [-0.1, -0.05) is 30.3 Å². The molecule has 0 N–H and O–H groups in total. The Morgan fingerprint density at radius 2 is 2.13 bits per heavy atom. The van der Waals surface area contributed by atoms with Gasteiger partial charge in [0.2, 0.25) is 0 Å². The van der Waals surface area contributed by atoms with Crippen LogP contribution in [0.3, 0.4) is 0 Å². The van der Waals surface area contributed by atoms with E-state index >= 15 is 0 Å². The Morgan fingerprint density at radius 1 is 1.27 bits per heavy atom. The lowest BCUT2D eigenvalue weighted by molar-refractivity contribution is 0.407. The Balaban J connectivity index is 1.90. The van der Waals surface area contributed by atoms with Crippen LogP contribution < -0.4 is 0 Å². The monoisotopic (exact) mass is 200 g/mol. The molecular formula is C14H16O. The van der Waals surface area contributed by atoms with E-state index in [0.717, 1.165) is 13.0 Å². The summed E-state index contributed by atoms with van der Waals surface area (Å²) in [5.41, 5.74) is 4.48. The Bertz CT molecular complexity index is 388. The summed E-state index contributed by atoms with van der Waals surface area (Å²) >= 11 is 0. The fourth-order valence-electron chi connectivity index (χ4n) is 2.36. The minimum atomic E-state index is 0.494. The molecule has 1 unspecified atom stereocenters. The molecule has 15 heavy (non-hydrogen) atoms. The maximum Gasteiger partial charge on any atom is 0.0850 e. The zero-order valence-electron chi connectivity index (χ0n) is 8.91. The van der Waals surface area contributed by atoms with E-state index in [-0.39, 0.29) is 0 Å². The van der Waals surface area contributed by atoms with E-state index in [9.17, 15) is 0 Å².